The number of phenols is 1. The predicted molar refractivity (Wildman–Crippen MR) is 65.8 cm³/mol. The molecule has 0 spiro atoms. The van der Waals surface area contributed by atoms with E-state index in [1.807, 2.05) is 6.92 Å². The molecule has 1 aromatic rings. The summed E-state index contributed by atoms with van der Waals surface area (Å²) in [7, 11) is 1.49. The van der Waals surface area contributed by atoms with Gasteiger partial charge in [0.25, 0.3) is 5.91 Å². The van der Waals surface area contributed by atoms with E-state index in [9.17, 15) is 15.0 Å². The Kier molecular flexibility index (Phi) is 3.17. The number of benzene rings is 1. The number of carbonyl (C=O) groups excluding carboxylic acids is 1. The van der Waals surface area contributed by atoms with Crippen molar-refractivity contribution in [2.75, 3.05) is 20.2 Å². The zero-order valence-corrected chi connectivity index (χ0v) is 10.5. The molecule has 5 nitrogen and oxygen atoms in total. The van der Waals surface area contributed by atoms with E-state index in [0.717, 1.165) is 0 Å². The van der Waals surface area contributed by atoms with Crippen molar-refractivity contribution in [3.05, 3.63) is 23.8 Å². The molecule has 2 N–H and O–H groups in total. The number of carbonyl (C=O) groups is 1. The van der Waals surface area contributed by atoms with E-state index in [-0.39, 0.29) is 17.2 Å². The molecule has 2 rings (SSSR count). The second-order valence-electron chi connectivity index (χ2n) is 4.62. The zero-order chi connectivity index (χ0) is 13.3. The molecule has 1 saturated heterocycles. The molecule has 0 unspecified atom stereocenters. The molecular weight excluding hydrogens is 234 g/mol. The summed E-state index contributed by atoms with van der Waals surface area (Å²) in [6.07, 6.45) is 0.616. The number of hydrogen-bond donors (Lipinski definition) is 2. The van der Waals surface area contributed by atoms with Gasteiger partial charge in [-0.25, -0.2) is 0 Å². The molecule has 1 fully saturated rings. The summed E-state index contributed by atoms with van der Waals surface area (Å²) in [5.74, 6) is 0.122. The first-order valence-electron chi connectivity index (χ1n) is 5.88. The van der Waals surface area contributed by atoms with Gasteiger partial charge in [0.15, 0.2) is 0 Å². The van der Waals surface area contributed by atoms with Crippen LogP contribution in [0.2, 0.25) is 0 Å². The number of nitrogens with zero attached hydrogens (tertiary/aromatic N) is 1. The fourth-order valence-electron chi connectivity index (χ4n) is 2.02. The van der Waals surface area contributed by atoms with E-state index in [0.29, 0.717) is 25.3 Å². The second kappa shape index (κ2) is 4.49. The van der Waals surface area contributed by atoms with Gasteiger partial charge in [0.05, 0.1) is 31.4 Å². The lowest BCUT2D eigenvalue weighted by atomic mass is 9.90. The Morgan fingerprint density at radius 1 is 1.50 bits per heavy atom. The fourth-order valence-corrected chi connectivity index (χ4v) is 2.02. The van der Waals surface area contributed by atoms with Crippen LogP contribution in [0.5, 0.6) is 11.5 Å². The molecule has 0 aliphatic carbocycles. The van der Waals surface area contributed by atoms with Crippen molar-refractivity contribution in [2.45, 2.75) is 18.9 Å². The standard InChI is InChI=1S/C13H17NO4/c1-3-13(17)7-14(8-13)12(16)10-5-4-9(18-2)6-11(10)15/h4-6,15,17H,3,7-8H2,1-2H3. The number of phenolic OH excluding ortho intramolecular Hbond substituents is 1. The molecular formula is C13H17NO4. The Hall–Kier alpha value is -1.75. The minimum atomic E-state index is -0.766. The van der Waals surface area contributed by atoms with Crippen molar-refractivity contribution >= 4 is 5.91 Å². The molecule has 98 valence electrons. The van der Waals surface area contributed by atoms with Gasteiger partial charge in [-0.15, -0.1) is 0 Å². The lowest BCUT2D eigenvalue weighted by Crippen LogP contribution is -2.63. The van der Waals surface area contributed by atoms with E-state index in [2.05, 4.69) is 0 Å². The van der Waals surface area contributed by atoms with Crippen molar-refractivity contribution < 1.29 is 19.7 Å². The first-order valence-corrected chi connectivity index (χ1v) is 5.88. The van der Waals surface area contributed by atoms with Gasteiger partial charge in [-0.3, -0.25) is 4.79 Å². The number of hydrogen-bond acceptors (Lipinski definition) is 4. The Balaban J connectivity index is 2.11. The Morgan fingerprint density at radius 3 is 2.67 bits per heavy atom. The summed E-state index contributed by atoms with van der Waals surface area (Å²) < 4.78 is 4.96. The molecule has 0 radical (unpaired) electrons. The summed E-state index contributed by atoms with van der Waals surface area (Å²) in [6.45, 7) is 2.51. The van der Waals surface area contributed by atoms with Gasteiger partial charge in [-0.1, -0.05) is 6.92 Å². The molecule has 1 aliphatic heterocycles. The summed E-state index contributed by atoms with van der Waals surface area (Å²) in [5.41, 5.74) is -0.536. The molecule has 5 heteroatoms. The van der Waals surface area contributed by atoms with Crippen LogP contribution in [0.4, 0.5) is 0 Å². The third kappa shape index (κ3) is 2.13. The molecule has 1 heterocycles. The topological polar surface area (TPSA) is 70.0 Å². The van der Waals surface area contributed by atoms with E-state index in [4.69, 9.17) is 4.74 Å². The van der Waals surface area contributed by atoms with Crippen LogP contribution in [-0.2, 0) is 0 Å². The lowest BCUT2D eigenvalue weighted by molar-refractivity contribution is -0.0827. The van der Waals surface area contributed by atoms with Crippen LogP contribution >= 0.6 is 0 Å². The number of ether oxygens (including phenoxy) is 1. The number of aromatic hydroxyl groups is 1. The van der Waals surface area contributed by atoms with Crippen LogP contribution in [0, 0.1) is 0 Å². The van der Waals surface area contributed by atoms with Crippen LogP contribution in [0.3, 0.4) is 0 Å². The maximum absolute atomic E-state index is 12.1. The highest BCUT2D eigenvalue weighted by molar-refractivity contribution is 5.97. The van der Waals surface area contributed by atoms with Crippen molar-refractivity contribution in [1.82, 2.24) is 4.90 Å². The quantitative estimate of drug-likeness (QED) is 0.840. The number of β-amino-alcohol motifs (C(OH)–C–C–N with tert-alkyl or cyclic N) is 1. The first kappa shape index (κ1) is 12.7. The SMILES string of the molecule is CCC1(O)CN(C(=O)c2ccc(OC)cc2O)C1. The molecule has 18 heavy (non-hydrogen) atoms. The molecule has 0 aromatic heterocycles. The average molecular weight is 251 g/mol. The summed E-state index contributed by atoms with van der Waals surface area (Å²) in [5, 5.41) is 19.6. The highest BCUT2D eigenvalue weighted by Crippen LogP contribution is 2.29. The van der Waals surface area contributed by atoms with Crippen LogP contribution in [-0.4, -0.2) is 46.8 Å². The van der Waals surface area contributed by atoms with E-state index >= 15 is 0 Å². The van der Waals surface area contributed by atoms with Gasteiger partial charge >= 0.3 is 0 Å². The minimum absolute atomic E-state index is 0.105. The molecule has 1 amide bonds. The summed E-state index contributed by atoms with van der Waals surface area (Å²) >= 11 is 0. The smallest absolute Gasteiger partial charge is 0.257 e. The summed E-state index contributed by atoms with van der Waals surface area (Å²) in [4.78, 5) is 13.6. The maximum Gasteiger partial charge on any atom is 0.257 e. The van der Waals surface area contributed by atoms with Gasteiger partial charge < -0.3 is 19.8 Å². The van der Waals surface area contributed by atoms with Crippen LogP contribution in [0.25, 0.3) is 0 Å². The van der Waals surface area contributed by atoms with E-state index in [1.54, 1.807) is 6.07 Å². The van der Waals surface area contributed by atoms with Crippen LogP contribution in [0.1, 0.15) is 23.7 Å². The number of rotatable bonds is 3. The normalized spacial score (nSPS) is 17.2. The molecule has 1 aromatic carbocycles. The van der Waals surface area contributed by atoms with Crippen molar-refractivity contribution in [2.24, 2.45) is 0 Å². The van der Waals surface area contributed by atoms with E-state index in [1.165, 1.54) is 24.1 Å². The van der Waals surface area contributed by atoms with Gasteiger partial charge in [0.1, 0.15) is 11.5 Å². The van der Waals surface area contributed by atoms with Crippen molar-refractivity contribution in [3.63, 3.8) is 0 Å². The Labute approximate surface area is 106 Å². The van der Waals surface area contributed by atoms with Gasteiger partial charge in [-0.2, -0.15) is 0 Å². The highest BCUT2D eigenvalue weighted by Gasteiger charge is 2.42. The molecule has 0 atom stereocenters. The Bertz CT molecular complexity index is 466. The number of methoxy groups -OCH3 is 1. The van der Waals surface area contributed by atoms with Gasteiger partial charge in [-0.05, 0) is 18.6 Å². The zero-order valence-electron chi connectivity index (χ0n) is 10.5. The van der Waals surface area contributed by atoms with Crippen molar-refractivity contribution in [1.29, 1.82) is 0 Å². The van der Waals surface area contributed by atoms with Crippen molar-refractivity contribution in [3.8, 4) is 11.5 Å². The average Bonchev–Trinajstić information content (AvgIpc) is 2.34. The third-order valence-corrected chi connectivity index (χ3v) is 3.35. The lowest BCUT2D eigenvalue weighted by Gasteiger charge is -2.46. The fraction of sp³-hybridized carbons (Fsp3) is 0.462. The van der Waals surface area contributed by atoms with Gasteiger partial charge in [0, 0.05) is 6.07 Å². The number of aliphatic hydroxyl groups is 1. The number of amides is 1. The highest BCUT2D eigenvalue weighted by atomic mass is 16.5. The maximum atomic E-state index is 12.1. The summed E-state index contributed by atoms with van der Waals surface area (Å²) in [6, 6.07) is 4.55. The third-order valence-electron chi connectivity index (χ3n) is 3.35. The second-order valence-corrected chi connectivity index (χ2v) is 4.62. The largest absolute Gasteiger partial charge is 0.507 e. The van der Waals surface area contributed by atoms with Gasteiger partial charge in [0.2, 0.25) is 0 Å². The molecule has 1 aliphatic rings. The Morgan fingerprint density at radius 2 is 2.17 bits per heavy atom. The molecule has 0 bridgehead atoms. The predicted octanol–water partition coefficient (Wildman–Crippen LogP) is 0.998. The van der Waals surface area contributed by atoms with Crippen LogP contribution in [0.15, 0.2) is 18.2 Å². The number of likely N-dealkylation sites (tertiary alicyclic amines) is 1. The minimum Gasteiger partial charge on any atom is -0.507 e. The molecule has 0 saturated carbocycles. The monoisotopic (exact) mass is 251 g/mol. The van der Waals surface area contributed by atoms with E-state index < -0.39 is 5.60 Å². The first-order chi connectivity index (χ1) is 8.49. The van der Waals surface area contributed by atoms with Crippen LogP contribution < -0.4 is 4.74 Å².